The molecule has 2 aromatic carbocycles. The summed E-state index contributed by atoms with van der Waals surface area (Å²) in [5.41, 5.74) is 1.39. The second-order valence-corrected chi connectivity index (χ2v) is 10.0. The number of hydrogen-bond acceptors (Lipinski definition) is 10. The number of aromatic nitrogens is 2. The highest BCUT2D eigenvalue weighted by Crippen LogP contribution is 2.52. The van der Waals surface area contributed by atoms with Crippen LogP contribution in [0.15, 0.2) is 54.6 Å². The van der Waals surface area contributed by atoms with Crippen molar-refractivity contribution in [1.29, 1.82) is 5.26 Å². The quantitative estimate of drug-likeness (QED) is 0.304. The summed E-state index contributed by atoms with van der Waals surface area (Å²) in [5, 5.41) is 23.4. The summed E-state index contributed by atoms with van der Waals surface area (Å²) in [6.07, 6.45) is 0.297. The Morgan fingerprint density at radius 3 is 2.39 bits per heavy atom. The normalized spacial score (nSPS) is 14.4. The van der Waals surface area contributed by atoms with E-state index in [1.54, 1.807) is 37.4 Å². The van der Waals surface area contributed by atoms with Gasteiger partial charge in [-0.15, -0.1) is 0 Å². The number of ether oxygens (including phenoxy) is 5. The zero-order valence-electron chi connectivity index (χ0n) is 23.7. The Balaban J connectivity index is 1.86. The van der Waals surface area contributed by atoms with E-state index in [1.165, 1.54) is 14.2 Å². The molecule has 0 fully saturated rings. The minimum absolute atomic E-state index is 0.0602. The average Bonchev–Trinajstić information content (AvgIpc) is 3.49. The third kappa shape index (κ3) is 5.29. The zero-order chi connectivity index (χ0) is 29.1. The zero-order valence-corrected chi connectivity index (χ0v) is 23.7. The van der Waals surface area contributed by atoms with Gasteiger partial charge in [0.25, 0.3) is 0 Å². The molecule has 1 N–H and O–H groups in total. The lowest BCUT2D eigenvalue weighted by atomic mass is 9.71. The molecule has 3 heterocycles. The fraction of sp³-hybridized carbons (Fsp3) is 0.323. The number of hydrogen-bond donors (Lipinski definition) is 1. The summed E-state index contributed by atoms with van der Waals surface area (Å²) >= 11 is 0. The number of benzene rings is 2. The fourth-order valence-electron chi connectivity index (χ4n) is 5.27. The topological polar surface area (TPSA) is 119 Å². The largest absolute Gasteiger partial charge is 0.481 e. The molecular formula is C31H32N4O6. The van der Waals surface area contributed by atoms with Crippen LogP contribution in [-0.2, 0) is 5.60 Å². The molecule has 2 atom stereocenters. The van der Waals surface area contributed by atoms with Crippen molar-refractivity contribution in [2.24, 2.45) is 0 Å². The van der Waals surface area contributed by atoms with Crippen LogP contribution >= 0.6 is 0 Å². The van der Waals surface area contributed by atoms with Gasteiger partial charge in [-0.05, 0) is 56.4 Å². The first kappa shape index (κ1) is 28.0. The highest BCUT2D eigenvalue weighted by atomic mass is 16.7. The van der Waals surface area contributed by atoms with Gasteiger partial charge in [-0.1, -0.05) is 12.1 Å². The number of aliphatic hydroxyl groups is 1. The first-order valence-corrected chi connectivity index (χ1v) is 13.1. The van der Waals surface area contributed by atoms with Crippen LogP contribution in [0, 0.1) is 11.3 Å². The molecule has 4 aromatic rings. The maximum absolute atomic E-state index is 13.1. The second-order valence-electron chi connectivity index (χ2n) is 10.0. The molecule has 0 unspecified atom stereocenters. The van der Waals surface area contributed by atoms with Gasteiger partial charge in [0.2, 0.25) is 24.4 Å². The van der Waals surface area contributed by atoms with E-state index in [0.717, 1.165) is 5.39 Å². The number of methoxy groups -OCH3 is 3. The predicted octanol–water partition coefficient (Wildman–Crippen LogP) is 4.23. The number of para-hydroxylation sites is 1. The van der Waals surface area contributed by atoms with Crippen molar-refractivity contribution in [3.63, 3.8) is 0 Å². The Morgan fingerprint density at radius 1 is 0.976 bits per heavy atom. The molecule has 10 nitrogen and oxygen atoms in total. The molecule has 0 saturated heterocycles. The molecule has 41 heavy (non-hydrogen) atoms. The van der Waals surface area contributed by atoms with Gasteiger partial charge < -0.3 is 33.7 Å². The lowest BCUT2D eigenvalue weighted by Crippen LogP contribution is -2.38. The Morgan fingerprint density at radius 2 is 1.73 bits per heavy atom. The molecule has 1 aliphatic rings. The Bertz CT molecular complexity index is 1600. The first-order chi connectivity index (χ1) is 19.8. The van der Waals surface area contributed by atoms with Crippen LogP contribution < -0.4 is 23.7 Å². The van der Waals surface area contributed by atoms with Crippen LogP contribution in [0.2, 0.25) is 0 Å². The first-order valence-electron chi connectivity index (χ1n) is 13.1. The summed E-state index contributed by atoms with van der Waals surface area (Å²) < 4.78 is 28.5. The van der Waals surface area contributed by atoms with Crippen molar-refractivity contribution in [3.8, 4) is 35.2 Å². The van der Waals surface area contributed by atoms with Gasteiger partial charge in [0.15, 0.2) is 11.5 Å². The Labute approximate surface area is 238 Å². The Hall–Kier alpha value is -4.59. The molecule has 0 aliphatic carbocycles. The van der Waals surface area contributed by atoms with Gasteiger partial charge in [0, 0.05) is 35.2 Å². The Kier molecular flexibility index (Phi) is 7.83. The fourth-order valence-corrected chi connectivity index (χ4v) is 5.27. The van der Waals surface area contributed by atoms with E-state index < -0.39 is 11.5 Å². The van der Waals surface area contributed by atoms with Crippen LogP contribution in [0.1, 0.15) is 34.6 Å². The van der Waals surface area contributed by atoms with Crippen molar-refractivity contribution in [1.82, 2.24) is 14.9 Å². The summed E-state index contributed by atoms with van der Waals surface area (Å²) in [4.78, 5) is 11.2. The van der Waals surface area contributed by atoms with Gasteiger partial charge in [-0.2, -0.15) is 10.2 Å². The number of pyridine rings is 2. The van der Waals surface area contributed by atoms with E-state index >= 15 is 0 Å². The van der Waals surface area contributed by atoms with Crippen LogP contribution in [0.5, 0.6) is 29.1 Å². The summed E-state index contributed by atoms with van der Waals surface area (Å²) in [7, 11) is 8.47. The highest BCUT2D eigenvalue weighted by Gasteiger charge is 2.45. The van der Waals surface area contributed by atoms with E-state index in [2.05, 4.69) is 11.1 Å². The van der Waals surface area contributed by atoms with Gasteiger partial charge in [0.1, 0.15) is 5.60 Å². The van der Waals surface area contributed by atoms with Crippen LogP contribution in [0.25, 0.3) is 10.9 Å². The minimum Gasteiger partial charge on any atom is -0.481 e. The SMILES string of the molecule is COc1cc([C@](O)(CCN(C)C)[C@@H](c2cc3cc(C#N)ccc3nc2OC)c2cccc3c2OCO3)cc(OC)n1. The van der Waals surface area contributed by atoms with E-state index in [1.807, 2.05) is 43.3 Å². The second kappa shape index (κ2) is 11.5. The lowest BCUT2D eigenvalue weighted by molar-refractivity contribution is 0.00264. The third-order valence-electron chi connectivity index (χ3n) is 7.29. The van der Waals surface area contributed by atoms with Crippen molar-refractivity contribution in [2.75, 3.05) is 48.8 Å². The summed E-state index contributed by atoms with van der Waals surface area (Å²) in [5.74, 6) is 1.25. The maximum Gasteiger partial charge on any atom is 0.231 e. The highest BCUT2D eigenvalue weighted by molar-refractivity contribution is 5.82. The van der Waals surface area contributed by atoms with E-state index in [0.29, 0.717) is 69.9 Å². The van der Waals surface area contributed by atoms with Gasteiger partial charge in [0.05, 0.1) is 44.4 Å². The number of fused-ring (bicyclic) bond motifs is 2. The van der Waals surface area contributed by atoms with Crippen molar-refractivity contribution < 1.29 is 28.8 Å². The monoisotopic (exact) mass is 556 g/mol. The molecular weight excluding hydrogens is 524 g/mol. The van der Waals surface area contributed by atoms with Gasteiger partial charge in [-0.25, -0.2) is 4.98 Å². The molecule has 0 amide bonds. The van der Waals surface area contributed by atoms with Crippen molar-refractivity contribution in [3.05, 3.63) is 76.9 Å². The maximum atomic E-state index is 13.1. The average molecular weight is 557 g/mol. The molecule has 1 aliphatic heterocycles. The van der Waals surface area contributed by atoms with Crippen LogP contribution in [0.4, 0.5) is 0 Å². The number of rotatable bonds is 10. The van der Waals surface area contributed by atoms with Gasteiger partial charge in [-0.3, -0.25) is 0 Å². The standard InChI is InChI=1S/C31H32N4O6/c1-35(2)12-11-31(36,21-15-26(37-3)34-27(16-21)38-4)28(22-7-6-8-25-29(22)41-18-40-25)23-14-20-13-19(17-32)9-10-24(20)33-30(23)39-5/h6-10,13-16,28,36H,11-12,18H2,1-5H3/t28-,31-/m1/s1. The smallest absolute Gasteiger partial charge is 0.231 e. The molecule has 0 spiro atoms. The van der Waals surface area contributed by atoms with Crippen LogP contribution in [0.3, 0.4) is 0 Å². The molecule has 0 saturated carbocycles. The van der Waals surface area contributed by atoms with Crippen molar-refractivity contribution >= 4 is 10.9 Å². The molecule has 212 valence electrons. The minimum atomic E-state index is -1.58. The number of nitrogens with zero attached hydrogens (tertiary/aromatic N) is 4. The molecule has 0 bridgehead atoms. The lowest BCUT2D eigenvalue weighted by Gasteiger charge is -2.39. The number of nitriles is 1. The van der Waals surface area contributed by atoms with E-state index in [4.69, 9.17) is 28.7 Å². The van der Waals surface area contributed by atoms with E-state index in [9.17, 15) is 10.4 Å². The van der Waals surface area contributed by atoms with E-state index in [-0.39, 0.29) is 6.79 Å². The summed E-state index contributed by atoms with van der Waals surface area (Å²) in [6, 6.07) is 18.4. The molecule has 10 heteroatoms. The van der Waals surface area contributed by atoms with Crippen molar-refractivity contribution in [2.45, 2.75) is 17.9 Å². The molecule has 5 rings (SSSR count). The third-order valence-corrected chi connectivity index (χ3v) is 7.29. The predicted molar refractivity (Wildman–Crippen MR) is 152 cm³/mol. The molecule has 2 aromatic heterocycles. The summed E-state index contributed by atoms with van der Waals surface area (Å²) in [6.45, 7) is 0.596. The molecule has 0 radical (unpaired) electrons. The van der Waals surface area contributed by atoms with Gasteiger partial charge >= 0.3 is 0 Å². The van der Waals surface area contributed by atoms with Crippen LogP contribution in [-0.4, -0.2) is 68.7 Å².